The van der Waals surface area contributed by atoms with Crippen molar-refractivity contribution in [2.75, 3.05) is 45.8 Å². The molecule has 0 N–H and O–H groups in total. The van der Waals surface area contributed by atoms with Crippen LogP contribution in [0.1, 0.15) is 38.3 Å². The van der Waals surface area contributed by atoms with Crippen LogP contribution in [0.5, 0.6) is 0 Å². The Bertz CT molecular complexity index is 586. The molecule has 0 aromatic heterocycles. The van der Waals surface area contributed by atoms with Gasteiger partial charge < -0.3 is 14.7 Å². The predicted octanol–water partition coefficient (Wildman–Crippen LogP) is 2.76. The van der Waals surface area contributed by atoms with Crippen molar-refractivity contribution in [3.05, 3.63) is 35.6 Å². The van der Waals surface area contributed by atoms with E-state index in [2.05, 4.69) is 23.6 Å². The summed E-state index contributed by atoms with van der Waals surface area (Å²) >= 11 is 0. The summed E-state index contributed by atoms with van der Waals surface area (Å²) in [7, 11) is 0. The van der Waals surface area contributed by atoms with Crippen LogP contribution in [-0.4, -0.2) is 66.4 Å². The third-order valence-electron chi connectivity index (χ3n) is 5.76. The Balaban J connectivity index is 1.57. The van der Waals surface area contributed by atoms with Crippen molar-refractivity contribution < 1.29 is 9.18 Å². The van der Waals surface area contributed by atoms with Crippen LogP contribution >= 0.6 is 0 Å². The summed E-state index contributed by atoms with van der Waals surface area (Å²) in [5.41, 5.74) is 0.926. The molecule has 0 unspecified atom stereocenters. The van der Waals surface area contributed by atoms with Crippen molar-refractivity contribution in [1.82, 2.24) is 14.7 Å². The number of carbonyl (C=O) groups excluding carboxylic acids is 1. The van der Waals surface area contributed by atoms with E-state index in [0.29, 0.717) is 12.3 Å². The van der Waals surface area contributed by atoms with E-state index in [-0.39, 0.29) is 17.8 Å². The molecule has 0 spiro atoms. The maximum atomic E-state index is 13.6. The minimum Gasteiger partial charge on any atom is -0.335 e. The molecule has 0 aliphatic carbocycles. The molecule has 0 radical (unpaired) electrons. The Morgan fingerprint density at radius 2 is 1.88 bits per heavy atom. The molecular weight excluding hydrogens is 317 g/mol. The normalized spacial score (nSPS) is 25.5. The van der Waals surface area contributed by atoms with E-state index in [1.54, 1.807) is 12.1 Å². The maximum absolute atomic E-state index is 13.6. The minimum absolute atomic E-state index is 0.0140. The lowest BCUT2D eigenvalue weighted by atomic mass is 9.95. The first kappa shape index (κ1) is 18.3. The zero-order valence-corrected chi connectivity index (χ0v) is 15.5. The van der Waals surface area contributed by atoms with Gasteiger partial charge in [0.2, 0.25) is 5.91 Å². The average molecular weight is 347 g/mol. The van der Waals surface area contributed by atoms with Gasteiger partial charge in [0.15, 0.2) is 0 Å². The molecule has 2 aliphatic heterocycles. The molecule has 0 bridgehead atoms. The third kappa shape index (κ3) is 4.39. The molecule has 2 heterocycles. The van der Waals surface area contributed by atoms with E-state index >= 15 is 0 Å². The minimum atomic E-state index is -0.224. The standard InChI is InChI=1S/C20H30FN3O/c1-3-22-11-13-23(14-12-22)9-8-19(25)24-10-7-16(2)20(24)17-5-4-6-18(21)15-17/h4-6,15-16,20H,3,7-14H2,1-2H3/t16-,20+/m0/s1. The van der Waals surface area contributed by atoms with Gasteiger partial charge in [-0.25, -0.2) is 4.39 Å². The lowest BCUT2D eigenvalue weighted by molar-refractivity contribution is -0.133. The average Bonchev–Trinajstić information content (AvgIpc) is 3.01. The molecule has 1 aromatic carbocycles. The van der Waals surface area contributed by atoms with Crippen molar-refractivity contribution >= 4 is 5.91 Å². The summed E-state index contributed by atoms with van der Waals surface area (Å²) in [6.45, 7) is 11.4. The van der Waals surface area contributed by atoms with Crippen molar-refractivity contribution in [1.29, 1.82) is 0 Å². The molecule has 138 valence electrons. The Morgan fingerprint density at radius 1 is 1.16 bits per heavy atom. The van der Waals surface area contributed by atoms with Crippen LogP contribution in [0.15, 0.2) is 24.3 Å². The Kier molecular flexibility index (Phi) is 6.07. The van der Waals surface area contributed by atoms with Crippen LogP contribution in [0.3, 0.4) is 0 Å². The summed E-state index contributed by atoms with van der Waals surface area (Å²) in [6.07, 6.45) is 1.55. The van der Waals surface area contributed by atoms with Gasteiger partial charge in [0.25, 0.3) is 0 Å². The Morgan fingerprint density at radius 3 is 2.56 bits per heavy atom. The molecule has 2 saturated heterocycles. The van der Waals surface area contributed by atoms with Gasteiger partial charge in [0.05, 0.1) is 6.04 Å². The van der Waals surface area contributed by atoms with Crippen LogP contribution in [0.4, 0.5) is 4.39 Å². The second-order valence-electron chi connectivity index (χ2n) is 7.38. The fourth-order valence-corrected chi connectivity index (χ4v) is 4.15. The molecule has 2 fully saturated rings. The zero-order valence-electron chi connectivity index (χ0n) is 15.5. The number of hydrogen-bond acceptors (Lipinski definition) is 3. The number of nitrogens with zero attached hydrogens (tertiary/aromatic N) is 3. The van der Waals surface area contributed by atoms with Gasteiger partial charge in [0.1, 0.15) is 5.82 Å². The summed E-state index contributed by atoms with van der Waals surface area (Å²) in [6, 6.07) is 6.74. The lowest BCUT2D eigenvalue weighted by Gasteiger charge is -2.34. The van der Waals surface area contributed by atoms with Crippen molar-refractivity contribution in [3.8, 4) is 0 Å². The number of hydrogen-bond donors (Lipinski definition) is 0. The van der Waals surface area contributed by atoms with Gasteiger partial charge in [-0.3, -0.25) is 4.79 Å². The maximum Gasteiger partial charge on any atom is 0.224 e. The molecule has 2 aliphatic rings. The van der Waals surface area contributed by atoms with Crippen molar-refractivity contribution in [2.24, 2.45) is 5.92 Å². The highest BCUT2D eigenvalue weighted by Gasteiger charge is 2.35. The molecule has 5 heteroatoms. The van der Waals surface area contributed by atoms with E-state index in [1.807, 2.05) is 11.0 Å². The lowest BCUT2D eigenvalue weighted by Crippen LogP contribution is -2.47. The van der Waals surface area contributed by atoms with Gasteiger partial charge in [-0.05, 0) is 36.6 Å². The largest absolute Gasteiger partial charge is 0.335 e. The van der Waals surface area contributed by atoms with E-state index in [1.165, 1.54) is 6.07 Å². The number of halogens is 1. The van der Waals surface area contributed by atoms with Gasteiger partial charge in [0, 0.05) is 45.7 Å². The molecule has 25 heavy (non-hydrogen) atoms. The van der Waals surface area contributed by atoms with Crippen LogP contribution in [-0.2, 0) is 4.79 Å². The Hall–Kier alpha value is -1.46. The second kappa shape index (κ2) is 8.28. The van der Waals surface area contributed by atoms with Gasteiger partial charge in [-0.1, -0.05) is 26.0 Å². The summed E-state index contributed by atoms with van der Waals surface area (Å²) in [5.74, 6) is 0.355. The monoisotopic (exact) mass is 347 g/mol. The van der Waals surface area contributed by atoms with E-state index < -0.39 is 0 Å². The van der Waals surface area contributed by atoms with Gasteiger partial charge in [-0.2, -0.15) is 0 Å². The second-order valence-corrected chi connectivity index (χ2v) is 7.38. The molecule has 3 rings (SSSR count). The smallest absolute Gasteiger partial charge is 0.224 e. The summed E-state index contributed by atoms with van der Waals surface area (Å²) in [4.78, 5) is 19.6. The first-order chi connectivity index (χ1) is 12.1. The number of likely N-dealkylation sites (N-methyl/N-ethyl adjacent to an activating group) is 1. The molecular formula is C20H30FN3O. The quantitative estimate of drug-likeness (QED) is 0.819. The zero-order chi connectivity index (χ0) is 17.8. The number of likely N-dealkylation sites (tertiary alicyclic amines) is 1. The molecule has 0 saturated carbocycles. The van der Waals surface area contributed by atoms with Crippen molar-refractivity contribution in [3.63, 3.8) is 0 Å². The number of amides is 1. The summed E-state index contributed by atoms with van der Waals surface area (Å²) < 4.78 is 13.6. The van der Waals surface area contributed by atoms with E-state index in [0.717, 1.165) is 57.8 Å². The SMILES string of the molecule is CCN1CCN(CCC(=O)N2CC[C@H](C)[C@@H]2c2cccc(F)c2)CC1. The van der Waals surface area contributed by atoms with Crippen LogP contribution < -0.4 is 0 Å². The fourth-order valence-electron chi connectivity index (χ4n) is 4.15. The first-order valence-corrected chi connectivity index (χ1v) is 9.58. The number of carbonyl (C=O) groups is 1. The first-order valence-electron chi connectivity index (χ1n) is 9.58. The number of piperazine rings is 1. The summed E-state index contributed by atoms with van der Waals surface area (Å²) in [5, 5.41) is 0. The van der Waals surface area contributed by atoms with Crippen LogP contribution in [0, 0.1) is 11.7 Å². The molecule has 1 aromatic rings. The molecule has 1 amide bonds. The predicted molar refractivity (Wildman–Crippen MR) is 97.8 cm³/mol. The van der Waals surface area contributed by atoms with E-state index in [4.69, 9.17) is 0 Å². The van der Waals surface area contributed by atoms with Crippen LogP contribution in [0.25, 0.3) is 0 Å². The highest BCUT2D eigenvalue weighted by atomic mass is 19.1. The van der Waals surface area contributed by atoms with Crippen molar-refractivity contribution in [2.45, 2.75) is 32.7 Å². The van der Waals surface area contributed by atoms with E-state index in [9.17, 15) is 9.18 Å². The fraction of sp³-hybridized carbons (Fsp3) is 0.650. The topological polar surface area (TPSA) is 26.8 Å². The Labute approximate surface area is 150 Å². The highest BCUT2D eigenvalue weighted by molar-refractivity contribution is 5.77. The molecule has 2 atom stereocenters. The van der Waals surface area contributed by atoms with Crippen LogP contribution in [0.2, 0.25) is 0 Å². The van der Waals surface area contributed by atoms with Gasteiger partial charge in [-0.15, -0.1) is 0 Å². The molecule has 4 nitrogen and oxygen atoms in total. The highest BCUT2D eigenvalue weighted by Crippen LogP contribution is 2.37. The van der Waals surface area contributed by atoms with Gasteiger partial charge >= 0.3 is 0 Å². The number of rotatable bonds is 5. The number of benzene rings is 1. The third-order valence-corrected chi connectivity index (χ3v) is 5.76.